The average molecular weight is 595 g/mol. The van der Waals surface area contributed by atoms with Gasteiger partial charge in [0.15, 0.2) is 12.1 Å². The van der Waals surface area contributed by atoms with Gasteiger partial charge in [-0.3, -0.25) is 4.90 Å². The van der Waals surface area contributed by atoms with Crippen LogP contribution in [0.5, 0.6) is 0 Å². The van der Waals surface area contributed by atoms with E-state index >= 15 is 4.39 Å². The first-order valence-corrected chi connectivity index (χ1v) is 12.8. The number of halogens is 4. The number of anilines is 2. The lowest BCUT2D eigenvalue weighted by atomic mass is 9.86. The van der Waals surface area contributed by atoms with E-state index in [0.29, 0.717) is 11.3 Å². The highest BCUT2D eigenvalue weighted by atomic mass is 19.4. The van der Waals surface area contributed by atoms with Crippen LogP contribution in [-0.4, -0.2) is 85.2 Å². The van der Waals surface area contributed by atoms with Gasteiger partial charge in [-0.1, -0.05) is 24.0 Å². The van der Waals surface area contributed by atoms with E-state index in [2.05, 4.69) is 16.8 Å². The molecule has 1 atom stereocenters. The highest BCUT2D eigenvalue weighted by Crippen LogP contribution is 2.45. The number of alkyl halides is 3. The number of hydrogen-bond donors (Lipinski definition) is 5. The van der Waals surface area contributed by atoms with Crippen LogP contribution in [0.1, 0.15) is 17.5 Å². The van der Waals surface area contributed by atoms with Crippen LogP contribution in [-0.2, 0) is 17.4 Å². The highest BCUT2D eigenvalue weighted by molar-refractivity contribution is 5.93. The zero-order valence-corrected chi connectivity index (χ0v) is 21.8. The van der Waals surface area contributed by atoms with Gasteiger partial charge < -0.3 is 35.2 Å². The molecule has 0 amide bonds. The first kappa shape index (κ1) is 29.9. The van der Waals surface area contributed by atoms with Gasteiger partial charge in [-0.15, -0.1) is 0 Å². The summed E-state index contributed by atoms with van der Waals surface area (Å²) in [5.74, 6) is 3.88. The molecule has 0 bridgehead atoms. The molecule has 0 spiro atoms. The minimum absolute atomic E-state index is 0.0250. The Kier molecular flexibility index (Phi) is 7.75. The van der Waals surface area contributed by atoms with Crippen LogP contribution in [0.3, 0.4) is 0 Å². The maximum atomic E-state index is 15.2. The van der Waals surface area contributed by atoms with E-state index in [1.807, 2.05) is 0 Å². The van der Waals surface area contributed by atoms with Gasteiger partial charge >= 0.3 is 18.0 Å². The van der Waals surface area contributed by atoms with Crippen molar-refractivity contribution in [3.8, 4) is 11.8 Å². The van der Waals surface area contributed by atoms with Crippen molar-refractivity contribution < 1.29 is 47.8 Å². The average Bonchev–Trinajstić information content (AvgIpc) is 3.17. The third-order valence-electron chi connectivity index (χ3n) is 7.30. The molecule has 5 rings (SSSR count). The van der Waals surface area contributed by atoms with Crippen LogP contribution in [0.25, 0.3) is 10.9 Å². The summed E-state index contributed by atoms with van der Waals surface area (Å²) < 4.78 is 63.7. The molecule has 224 valence electrons. The molecule has 42 heavy (non-hydrogen) atoms. The summed E-state index contributed by atoms with van der Waals surface area (Å²) in [7, 11) is 0. The number of ether oxygens (including phenoxy) is 1. The minimum Gasteiger partial charge on any atom is -0.375 e. The smallest absolute Gasteiger partial charge is 0.375 e. The Hall–Kier alpha value is -3.62. The Bertz CT molecular complexity index is 1630. The van der Waals surface area contributed by atoms with E-state index in [1.54, 1.807) is 6.07 Å². The second-order valence-electron chi connectivity index (χ2n) is 10.1. The highest BCUT2D eigenvalue weighted by Gasteiger charge is 2.57. The molecule has 1 aromatic heterocycles. The van der Waals surface area contributed by atoms with Gasteiger partial charge in [0.05, 0.1) is 24.1 Å². The molecule has 1 unspecified atom stereocenters. The third kappa shape index (κ3) is 5.45. The lowest BCUT2D eigenvalue weighted by Crippen LogP contribution is -2.43. The second-order valence-corrected chi connectivity index (χ2v) is 10.1. The fraction of sp³-hybridized carbons (Fsp3) is 0.407. The van der Waals surface area contributed by atoms with Crippen LogP contribution in [0.4, 0.5) is 29.1 Å². The van der Waals surface area contributed by atoms with E-state index in [-0.39, 0.29) is 66.1 Å². The van der Waals surface area contributed by atoms with Crippen LogP contribution in [0.15, 0.2) is 41.2 Å². The third-order valence-corrected chi connectivity index (χ3v) is 7.30. The van der Waals surface area contributed by atoms with Gasteiger partial charge in [-0.05, 0) is 30.7 Å². The van der Waals surface area contributed by atoms with E-state index in [0.717, 1.165) is 6.07 Å². The molecule has 11 nitrogen and oxygen atoms in total. The first-order chi connectivity index (χ1) is 19.7. The Morgan fingerprint density at radius 2 is 1.83 bits per heavy atom. The predicted octanol–water partition coefficient (Wildman–Crippen LogP) is 0.665. The number of benzene rings is 2. The van der Waals surface area contributed by atoms with Crippen molar-refractivity contribution in [2.45, 2.75) is 31.6 Å². The van der Waals surface area contributed by atoms with Gasteiger partial charge in [-0.2, -0.15) is 18.2 Å². The van der Waals surface area contributed by atoms with Crippen LogP contribution in [0, 0.1) is 23.1 Å². The number of likely N-dealkylation sites (tertiary alicyclic amines) is 1. The Labute approximate surface area is 235 Å². The van der Waals surface area contributed by atoms with Gasteiger partial charge in [0.2, 0.25) is 0 Å². The molecule has 15 heteroatoms. The zero-order valence-electron chi connectivity index (χ0n) is 21.8. The molecule has 1 fully saturated rings. The molecule has 2 aliphatic heterocycles. The van der Waals surface area contributed by atoms with Crippen molar-refractivity contribution in [3.63, 3.8) is 0 Å². The van der Waals surface area contributed by atoms with E-state index < -0.39 is 42.0 Å². The quantitative estimate of drug-likeness (QED) is 0.166. The number of nitrogens with zero attached hydrogens (tertiary/aromatic N) is 4. The minimum atomic E-state index is -4.71. The number of rotatable bonds is 4. The van der Waals surface area contributed by atoms with E-state index in [9.17, 15) is 43.5 Å². The fourth-order valence-electron chi connectivity index (χ4n) is 5.34. The maximum Gasteiger partial charge on any atom is 0.406 e. The van der Waals surface area contributed by atoms with Gasteiger partial charge in [0.1, 0.15) is 11.2 Å². The molecule has 0 saturated carbocycles. The number of fused-ring (bicyclic) bond motifs is 2. The molecule has 2 aromatic carbocycles. The van der Waals surface area contributed by atoms with E-state index in [4.69, 9.17) is 4.74 Å². The summed E-state index contributed by atoms with van der Waals surface area (Å²) in [6, 6.07) is 8.00. The number of aromatic nitrogens is 2. The van der Waals surface area contributed by atoms with Gasteiger partial charge in [0.25, 0.3) is 0 Å². The Balaban J connectivity index is 1.64. The van der Waals surface area contributed by atoms with Crippen molar-refractivity contribution >= 4 is 22.4 Å². The van der Waals surface area contributed by atoms with E-state index in [1.165, 1.54) is 34.1 Å². The van der Waals surface area contributed by atoms with Crippen LogP contribution in [0.2, 0.25) is 0 Å². The van der Waals surface area contributed by atoms with Crippen molar-refractivity contribution in [1.29, 1.82) is 0 Å². The van der Waals surface area contributed by atoms with Crippen molar-refractivity contribution in [3.05, 3.63) is 63.8 Å². The fourth-order valence-corrected chi connectivity index (χ4v) is 5.34. The number of aliphatic hydroxyl groups is 5. The topological polar surface area (TPSA) is 152 Å². The van der Waals surface area contributed by atoms with Gasteiger partial charge in [0, 0.05) is 43.0 Å². The van der Waals surface area contributed by atoms with Crippen LogP contribution < -0.4 is 10.6 Å². The second kappa shape index (κ2) is 10.9. The lowest BCUT2D eigenvalue weighted by molar-refractivity contribution is -0.374. The molecule has 5 N–H and O–H groups in total. The molecule has 3 aromatic rings. The SMILES string of the molecule is O=c1nc(N2CCOCc3c(C#CC4(C(F)(F)F)CCN(CC(O)O)C4)cccc32)c2c(F)cccc2n1C(O)(O)O. The Morgan fingerprint density at radius 1 is 1.10 bits per heavy atom. The maximum absolute atomic E-state index is 15.2. The summed E-state index contributed by atoms with van der Waals surface area (Å²) in [6.07, 6.45) is -10.6. The largest absolute Gasteiger partial charge is 0.406 e. The molecule has 2 aliphatic rings. The number of aliphatic hydroxyl groups excluding tert-OH is 1. The number of β-amino-alcohol motifs (C(OH)–C–C–N with tert-alkyl or cyclic N) is 2. The predicted molar refractivity (Wildman–Crippen MR) is 138 cm³/mol. The monoisotopic (exact) mass is 594 g/mol. The molecule has 3 heterocycles. The normalized spacial score (nSPS) is 20.0. The summed E-state index contributed by atoms with van der Waals surface area (Å²) >= 11 is 0. The standard InChI is InChI=1S/C27H26F4N4O7/c28-18-4-2-6-20-22(18)23(32-24(38)35(20)27(39,40)41)34-11-12-42-14-17-16(3-1-5-19(17)34)7-8-25(26(29,30)31)9-10-33(15-25)13-21(36)37/h1-6,21,36-37,39-41H,9-15H2. The summed E-state index contributed by atoms with van der Waals surface area (Å²) in [6.45, 7) is -0.963. The summed E-state index contributed by atoms with van der Waals surface area (Å²) in [5, 5.41) is 47.3. The molecule has 0 radical (unpaired) electrons. The zero-order chi connectivity index (χ0) is 30.4. The lowest BCUT2D eigenvalue weighted by Gasteiger charge is -2.27. The van der Waals surface area contributed by atoms with Crippen molar-refractivity contribution in [2.75, 3.05) is 37.7 Å². The van der Waals surface area contributed by atoms with Crippen molar-refractivity contribution in [1.82, 2.24) is 14.5 Å². The first-order valence-electron chi connectivity index (χ1n) is 12.8. The van der Waals surface area contributed by atoms with Crippen molar-refractivity contribution in [2.24, 2.45) is 5.41 Å². The van der Waals surface area contributed by atoms with Gasteiger partial charge in [-0.25, -0.2) is 13.8 Å². The molecule has 0 aliphatic carbocycles. The summed E-state index contributed by atoms with van der Waals surface area (Å²) in [4.78, 5) is 19.3. The molecule has 1 saturated heterocycles. The molecular weight excluding hydrogens is 568 g/mol. The molecular formula is C27H26F4N4O7. The number of hydrogen-bond acceptors (Lipinski definition) is 10. The van der Waals surface area contributed by atoms with Crippen LogP contribution >= 0.6 is 0 Å². The summed E-state index contributed by atoms with van der Waals surface area (Å²) in [5.41, 5.74) is -3.28. The Morgan fingerprint density at radius 3 is 2.52 bits per heavy atom.